The molecule has 0 amide bonds. The van der Waals surface area contributed by atoms with E-state index < -0.39 is 6.04 Å². The number of aliphatic imine (C=N–C) groups is 1. The van der Waals surface area contributed by atoms with Crippen molar-refractivity contribution in [2.24, 2.45) is 4.99 Å². The Morgan fingerprint density at radius 1 is 1.00 bits per heavy atom. The molecular formula is C21H17N3OS. The van der Waals surface area contributed by atoms with Crippen LogP contribution in [0.15, 0.2) is 89.0 Å². The summed E-state index contributed by atoms with van der Waals surface area (Å²) in [5.41, 5.74) is 2.92. The summed E-state index contributed by atoms with van der Waals surface area (Å²) in [6.45, 7) is 0.608. The number of para-hydroxylation sites is 1. The molecule has 1 unspecified atom stereocenters. The molecule has 0 fully saturated rings. The molecule has 1 aliphatic heterocycles. The largest absolute Gasteiger partial charge is 0.333 e. The van der Waals surface area contributed by atoms with Gasteiger partial charge in [0.25, 0.3) is 0 Å². The number of carbonyl (C=O) groups is 1. The molecule has 1 aromatic heterocycles. The molecule has 0 bridgehead atoms. The van der Waals surface area contributed by atoms with E-state index in [1.54, 1.807) is 6.20 Å². The third-order valence-electron chi connectivity index (χ3n) is 4.19. The molecule has 4 rings (SSSR count). The third-order valence-corrected chi connectivity index (χ3v) is 5.24. The van der Waals surface area contributed by atoms with Gasteiger partial charge < -0.3 is 9.69 Å². The third kappa shape index (κ3) is 3.39. The van der Waals surface area contributed by atoms with Gasteiger partial charge in [-0.3, -0.25) is 0 Å². The second kappa shape index (κ2) is 7.54. The highest BCUT2D eigenvalue weighted by molar-refractivity contribution is 8.13. The zero-order valence-electron chi connectivity index (χ0n) is 14.0. The number of thioether (sulfide) groups is 1. The van der Waals surface area contributed by atoms with Crippen LogP contribution in [0, 0.1) is 0 Å². The standard InChI is InChI=1S/C21H17N3OS/c25-15-19-18-12-7-13-22-20(18)26-21(23-17-10-5-2-6-11-17)24(19)14-16-8-3-1-4-9-16/h1-13,15,19H,14H2. The molecule has 4 nitrogen and oxygen atoms in total. The summed E-state index contributed by atoms with van der Waals surface area (Å²) in [6.07, 6.45) is 2.73. The number of nitrogens with zero attached hydrogens (tertiary/aromatic N) is 3. The van der Waals surface area contributed by atoms with E-state index in [2.05, 4.69) is 17.1 Å². The summed E-state index contributed by atoms with van der Waals surface area (Å²) in [5.74, 6) is 0. The number of rotatable bonds is 4. The van der Waals surface area contributed by atoms with Crippen LogP contribution in [-0.2, 0) is 11.3 Å². The van der Waals surface area contributed by atoms with E-state index in [0.29, 0.717) is 6.54 Å². The van der Waals surface area contributed by atoms with Gasteiger partial charge in [0.2, 0.25) is 0 Å². The molecule has 128 valence electrons. The lowest BCUT2D eigenvalue weighted by molar-refractivity contribution is -0.111. The quantitative estimate of drug-likeness (QED) is 0.638. The molecular weight excluding hydrogens is 342 g/mol. The maximum atomic E-state index is 12.0. The zero-order chi connectivity index (χ0) is 17.8. The number of fused-ring (bicyclic) bond motifs is 1. The number of benzene rings is 2. The maximum Gasteiger partial charge on any atom is 0.171 e. The number of aldehydes is 1. The summed E-state index contributed by atoms with van der Waals surface area (Å²) < 4.78 is 0. The van der Waals surface area contributed by atoms with Crippen molar-refractivity contribution < 1.29 is 4.79 Å². The monoisotopic (exact) mass is 359 g/mol. The van der Waals surface area contributed by atoms with Crippen molar-refractivity contribution in [3.63, 3.8) is 0 Å². The van der Waals surface area contributed by atoms with Crippen molar-refractivity contribution in [2.75, 3.05) is 0 Å². The van der Waals surface area contributed by atoms with Gasteiger partial charge in [-0.2, -0.15) is 0 Å². The average Bonchev–Trinajstić information content (AvgIpc) is 2.70. The highest BCUT2D eigenvalue weighted by Gasteiger charge is 2.32. The predicted molar refractivity (Wildman–Crippen MR) is 104 cm³/mol. The van der Waals surface area contributed by atoms with E-state index >= 15 is 0 Å². The van der Waals surface area contributed by atoms with E-state index in [1.165, 1.54) is 11.8 Å². The molecule has 2 aromatic carbocycles. The van der Waals surface area contributed by atoms with Gasteiger partial charge in [-0.1, -0.05) is 54.6 Å². The Bertz CT molecular complexity index is 928. The Kier molecular flexibility index (Phi) is 4.80. The topological polar surface area (TPSA) is 45.6 Å². The lowest BCUT2D eigenvalue weighted by Gasteiger charge is -2.35. The van der Waals surface area contributed by atoms with Crippen molar-refractivity contribution in [3.05, 3.63) is 90.1 Å². The Morgan fingerprint density at radius 3 is 2.46 bits per heavy atom. The van der Waals surface area contributed by atoms with E-state index in [-0.39, 0.29) is 0 Å². The zero-order valence-corrected chi connectivity index (χ0v) is 14.8. The first-order chi connectivity index (χ1) is 12.8. The van der Waals surface area contributed by atoms with E-state index in [9.17, 15) is 4.79 Å². The molecule has 5 heteroatoms. The normalized spacial score (nSPS) is 17.8. The summed E-state index contributed by atoms with van der Waals surface area (Å²) >= 11 is 1.50. The summed E-state index contributed by atoms with van der Waals surface area (Å²) in [4.78, 5) is 23.3. The van der Waals surface area contributed by atoms with Crippen LogP contribution in [0.5, 0.6) is 0 Å². The number of hydrogen-bond acceptors (Lipinski definition) is 4. The number of hydrogen-bond donors (Lipinski definition) is 0. The molecule has 2 heterocycles. The van der Waals surface area contributed by atoms with Crippen LogP contribution in [0.2, 0.25) is 0 Å². The van der Waals surface area contributed by atoms with Crippen molar-refractivity contribution >= 4 is 28.9 Å². The van der Waals surface area contributed by atoms with E-state index in [0.717, 1.165) is 33.3 Å². The van der Waals surface area contributed by atoms with Gasteiger partial charge in [-0.25, -0.2) is 9.98 Å². The first kappa shape index (κ1) is 16.5. The highest BCUT2D eigenvalue weighted by Crippen LogP contribution is 2.39. The van der Waals surface area contributed by atoms with Crippen LogP contribution < -0.4 is 0 Å². The maximum absolute atomic E-state index is 12.0. The van der Waals surface area contributed by atoms with Crippen LogP contribution >= 0.6 is 11.8 Å². The molecule has 0 spiro atoms. The van der Waals surface area contributed by atoms with Gasteiger partial charge in [0.05, 0.1) is 5.69 Å². The van der Waals surface area contributed by atoms with Crippen molar-refractivity contribution in [1.29, 1.82) is 0 Å². The fraction of sp³-hybridized carbons (Fsp3) is 0.0952. The van der Waals surface area contributed by atoms with Crippen LogP contribution in [0.25, 0.3) is 0 Å². The molecule has 3 aromatic rings. The minimum atomic E-state index is -0.400. The van der Waals surface area contributed by atoms with Gasteiger partial charge in [-0.15, -0.1) is 0 Å². The van der Waals surface area contributed by atoms with E-state index in [4.69, 9.17) is 4.99 Å². The highest BCUT2D eigenvalue weighted by atomic mass is 32.2. The fourth-order valence-corrected chi connectivity index (χ4v) is 3.98. The summed E-state index contributed by atoms with van der Waals surface area (Å²) in [7, 11) is 0. The molecule has 1 atom stereocenters. The van der Waals surface area contributed by atoms with E-state index in [1.807, 2.05) is 65.6 Å². The molecule has 0 saturated heterocycles. The van der Waals surface area contributed by atoms with Gasteiger partial charge >= 0.3 is 0 Å². The van der Waals surface area contributed by atoms with Crippen LogP contribution in [0.4, 0.5) is 5.69 Å². The molecule has 0 aliphatic carbocycles. The molecule has 0 saturated carbocycles. The smallest absolute Gasteiger partial charge is 0.171 e. The second-order valence-electron chi connectivity index (χ2n) is 5.92. The number of pyridine rings is 1. The molecule has 0 radical (unpaired) electrons. The summed E-state index contributed by atoms with van der Waals surface area (Å²) in [6, 6.07) is 23.3. The number of amidine groups is 1. The lowest BCUT2D eigenvalue weighted by Crippen LogP contribution is -2.37. The van der Waals surface area contributed by atoms with Crippen molar-refractivity contribution in [1.82, 2.24) is 9.88 Å². The minimum absolute atomic E-state index is 0.400. The Morgan fingerprint density at radius 2 is 1.73 bits per heavy atom. The number of aromatic nitrogens is 1. The van der Waals surface area contributed by atoms with Gasteiger partial charge in [0.15, 0.2) is 5.17 Å². The molecule has 26 heavy (non-hydrogen) atoms. The van der Waals surface area contributed by atoms with Crippen LogP contribution in [-0.4, -0.2) is 21.3 Å². The van der Waals surface area contributed by atoms with Crippen LogP contribution in [0.3, 0.4) is 0 Å². The minimum Gasteiger partial charge on any atom is -0.333 e. The molecule has 0 N–H and O–H groups in total. The van der Waals surface area contributed by atoms with Gasteiger partial charge in [0, 0.05) is 18.3 Å². The predicted octanol–water partition coefficient (Wildman–Crippen LogP) is 4.62. The SMILES string of the molecule is O=CC1c2cccnc2SC(=Nc2ccccc2)N1Cc1ccccc1. The fourth-order valence-electron chi connectivity index (χ4n) is 2.94. The first-order valence-corrected chi connectivity index (χ1v) is 9.19. The Balaban J connectivity index is 1.79. The lowest BCUT2D eigenvalue weighted by atomic mass is 10.1. The van der Waals surface area contributed by atoms with Gasteiger partial charge in [0.1, 0.15) is 17.4 Å². The van der Waals surface area contributed by atoms with Gasteiger partial charge in [-0.05, 0) is 35.5 Å². The van der Waals surface area contributed by atoms with Crippen LogP contribution in [0.1, 0.15) is 17.2 Å². The Labute approximate surface area is 156 Å². The van der Waals surface area contributed by atoms with Crippen molar-refractivity contribution in [2.45, 2.75) is 17.6 Å². The Hall–Kier alpha value is -2.92. The average molecular weight is 359 g/mol. The second-order valence-corrected chi connectivity index (χ2v) is 6.88. The number of carbonyl (C=O) groups excluding carboxylic acids is 1. The van der Waals surface area contributed by atoms with Crippen molar-refractivity contribution in [3.8, 4) is 0 Å². The summed E-state index contributed by atoms with van der Waals surface area (Å²) in [5, 5.41) is 1.62. The first-order valence-electron chi connectivity index (χ1n) is 8.37. The molecule has 1 aliphatic rings.